The van der Waals surface area contributed by atoms with Crippen LogP contribution in [0.15, 0.2) is 30.3 Å². The van der Waals surface area contributed by atoms with Crippen LogP contribution in [0.3, 0.4) is 0 Å². The van der Waals surface area contributed by atoms with Crippen molar-refractivity contribution in [1.82, 2.24) is 10.2 Å². The van der Waals surface area contributed by atoms with E-state index in [4.69, 9.17) is 0 Å². The molecule has 1 aromatic rings. The molecule has 1 fully saturated rings. The molecule has 1 aliphatic rings. The van der Waals surface area contributed by atoms with Crippen LogP contribution in [0.25, 0.3) is 0 Å². The number of rotatable bonds is 6. The van der Waals surface area contributed by atoms with Gasteiger partial charge >= 0.3 is 0 Å². The fourth-order valence-electron chi connectivity index (χ4n) is 2.28. The molecule has 2 rings (SSSR count). The summed E-state index contributed by atoms with van der Waals surface area (Å²) in [6.45, 7) is 2.93. The number of carbonyl (C=O) groups excluding carboxylic acids is 2. The third kappa shape index (κ3) is 4.00. The normalized spacial score (nSPS) is 16.2. The number of hydrogen-bond donors (Lipinski definition) is 1. The van der Waals surface area contributed by atoms with Crippen molar-refractivity contribution < 1.29 is 9.59 Å². The van der Waals surface area contributed by atoms with Crippen molar-refractivity contribution in [3.63, 3.8) is 0 Å². The van der Waals surface area contributed by atoms with E-state index in [2.05, 4.69) is 12.2 Å². The van der Waals surface area contributed by atoms with Crippen LogP contribution in [-0.2, 0) is 4.79 Å². The minimum absolute atomic E-state index is 0.00639. The molecule has 1 atom stereocenters. The highest BCUT2D eigenvalue weighted by Crippen LogP contribution is 2.19. The summed E-state index contributed by atoms with van der Waals surface area (Å²) in [7, 11) is 0. The maximum atomic E-state index is 12.1. The molecule has 0 radical (unpaired) electrons. The zero-order valence-corrected chi connectivity index (χ0v) is 12.5. The summed E-state index contributed by atoms with van der Waals surface area (Å²) in [6, 6.07) is 10.00. The lowest BCUT2D eigenvalue weighted by Gasteiger charge is -2.21. The van der Waals surface area contributed by atoms with Crippen molar-refractivity contribution in [2.45, 2.75) is 25.8 Å². The Morgan fingerprint density at radius 1 is 1.40 bits per heavy atom. The fourth-order valence-corrected chi connectivity index (χ4v) is 3.10. The van der Waals surface area contributed by atoms with Gasteiger partial charge in [0.15, 0.2) is 0 Å². The molecular formula is C15H20N2O2S. The van der Waals surface area contributed by atoms with E-state index in [0.717, 1.165) is 24.2 Å². The van der Waals surface area contributed by atoms with Crippen LogP contribution in [-0.4, -0.2) is 34.9 Å². The molecule has 4 nitrogen and oxygen atoms in total. The molecule has 1 N–H and O–H groups in total. The SMILES string of the molecule is CCCC(NC(=O)CN1CCSC1=O)c1ccccc1. The largest absolute Gasteiger partial charge is 0.348 e. The molecule has 1 heterocycles. The van der Waals surface area contributed by atoms with E-state index >= 15 is 0 Å². The van der Waals surface area contributed by atoms with E-state index in [1.165, 1.54) is 11.8 Å². The summed E-state index contributed by atoms with van der Waals surface area (Å²) >= 11 is 1.28. The maximum Gasteiger partial charge on any atom is 0.282 e. The molecule has 1 aliphatic heterocycles. The second-order valence-corrected chi connectivity index (χ2v) is 5.90. The Morgan fingerprint density at radius 2 is 2.15 bits per heavy atom. The number of benzene rings is 1. The Hall–Kier alpha value is -1.49. The van der Waals surface area contributed by atoms with Gasteiger partial charge < -0.3 is 10.2 Å². The zero-order valence-electron chi connectivity index (χ0n) is 11.7. The van der Waals surface area contributed by atoms with Gasteiger partial charge in [-0.25, -0.2) is 0 Å². The van der Waals surface area contributed by atoms with Gasteiger partial charge in [0.2, 0.25) is 5.91 Å². The predicted octanol–water partition coefficient (Wildman–Crippen LogP) is 2.81. The Labute approximate surface area is 123 Å². The molecule has 5 heteroatoms. The van der Waals surface area contributed by atoms with Crippen molar-refractivity contribution >= 4 is 22.9 Å². The fraction of sp³-hybridized carbons (Fsp3) is 0.467. The molecule has 0 spiro atoms. The topological polar surface area (TPSA) is 49.4 Å². The average Bonchev–Trinajstić information content (AvgIpc) is 2.85. The molecule has 2 amide bonds. The van der Waals surface area contributed by atoms with Gasteiger partial charge in [0, 0.05) is 12.3 Å². The number of carbonyl (C=O) groups is 2. The second-order valence-electron chi connectivity index (χ2n) is 4.86. The van der Waals surface area contributed by atoms with Crippen LogP contribution in [0.1, 0.15) is 31.4 Å². The highest BCUT2D eigenvalue weighted by molar-refractivity contribution is 8.13. The summed E-state index contributed by atoms with van der Waals surface area (Å²) < 4.78 is 0. The summed E-state index contributed by atoms with van der Waals surface area (Å²) in [5.74, 6) is 0.701. The van der Waals surface area contributed by atoms with Gasteiger partial charge in [0.1, 0.15) is 6.54 Å². The minimum atomic E-state index is -0.0804. The lowest BCUT2D eigenvalue weighted by Crippen LogP contribution is -2.39. The second kappa shape index (κ2) is 7.33. The molecule has 1 unspecified atom stereocenters. The van der Waals surface area contributed by atoms with Crippen molar-refractivity contribution in [2.75, 3.05) is 18.8 Å². The molecule has 108 valence electrons. The molecule has 0 aliphatic carbocycles. The van der Waals surface area contributed by atoms with Gasteiger partial charge in [-0.05, 0) is 12.0 Å². The number of nitrogens with zero attached hydrogens (tertiary/aromatic N) is 1. The monoisotopic (exact) mass is 292 g/mol. The first-order valence-corrected chi connectivity index (χ1v) is 7.95. The van der Waals surface area contributed by atoms with Gasteiger partial charge in [-0.2, -0.15) is 0 Å². The van der Waals surface area contributed by atoms with Crippen LogP contribution in [0.5, 0.6) is 0 Å². The summed E-state index contributed by atoms with van der Waals surface area (Å²) in [5, 5.41) is 3.05. The van der Waals surface area contributed by atoms with Gasteiger partial charge in [-0.1, -0.05) is 55.4 Å². The first-order valence-electron chi connectivity index (χ1n) is 6.96. The van der Waals surface area contributed by atoms with Crippen LogP contribution < -0.4 is 5.32 Å². The maximum absolute atomic E-state index is 12.1. The van der Waals surface area contributed by atoms with E-state index < -0.39 is 0 Å². The summed E-state index contributed by atoms with van der Waals surface area (Å²) in [5.41, 5.74) is 1.12. The lowest BCUT2D eigenvalue weighted by atomic mass is 10.0. The first kappa shape index (κ1) is 14.9. The third-order valence-electron chi connectivity index (χ3n) is 3.29. The smallest absolute Gasteiger partial charge is 0.282 e. The van der Waals surface area contributed by atoms with E-state index in [0.29, 0.717) is 6.54 Å². The van der Waals surface area contributed by atoms with Crippen molar-refractivity contribution in [3.05, 3.63) is 35.9 Å². The summed E-state index contributed by atoms with van der Waals surface area (Å²) in [6.07, 6.45) is 1.90. The minimum Gasteiger partial charge on any atom is -0.348 e. The van der Waals surface area contributed by atoms with E-state index in [-0.39, 0.29) is 23.7 Å². The standard InChI is InChI=1S/C15H20N2O2S/c1-2-6-13(12-7-4-3-5-8-12)16-14(18)11-17-9-10-20-15(17)19/h3-5,7-8,13H,2,6,9-11H2,1H3,(H,16,18). The third-order valence-corrected chi connectivity index (χ3v) is 4.19. The first-order chi connectivity index (χ1) is 9.70. The Balaban J connectivity index is 1.94. The van der Waals surface area contributed by atoms with Gasteiger partial charge in [-0.3, -0.25) is 9.59 Å². The molecule has 1 saturated heterocycles. The average molecular weight is 292 g/mol. The Kier molecular flexibility index (Phi) is 5.47. The number of amides is 2. The quantitative estimate of drug-likeness (QED) is 0.877. The van der Waals surface area contributed by atoms with Crippen molar-refractivity contribution in [1.29, 1.82) is 0 Å². The highest BCUT2D eigenvalue weighted by Gasteiger charge is 2.24. The molecule has 0 aromatic heterocycles. The predicted molar refractivity (Wildman–Crippen MR) is 81.7 cm³/mol. The lowest BCUT2D eigenvalue weighted by molar-refractivity contribution is -0.122. The van der Waals surface area contributed by atoms with Crippen LogP contribution in [0.2, 0.25) is 0 Å². The summed E-state index contributed by atoms with van der Waals surface area (Å²) in [4.78, 5) is 25.2. The number of nitrogens with one attached hydrogen (secondary N) is 1. The molecule has 20 heavy (non-hydrogen) atoms. The van der Waals surface area contributed by atoms with Crippen molar-refractivity contribution in [3.8, 4) is 0 Å². The van der Waals surface area contributed by atoms with E-state index in [1.54, 1.807) is 4.90 Å². The molecule has 0 saturated carbocycles. The molecular weight excluding hydrogens is 272 g/mol. The zero-order chi connectivity index (χ0) is 14.4. The van der Waals surface area contributed by atoms with Crippen LogP contribution in [0, 0.1) is 0 Å². The van der Waals surface area contributed by atoms with E-state index in [1.807, 2.05) is 30.3 Å². The van der Waals surface area contributed by atoms with E-state index in [9.17, 15) is 9.59 Å². The van der Waals surface area contributed by atoms with Gasteiger partial charge in [0.05, 0.1) is 6.04 Å². The van der Waals surface area contributed by atoms with Crippen molar-refractivity contribution in [2.24, 2.45) is 0 Å². The molecule has 0 bridgehead atoms. The van der Waals surface area contributed by atoms with Gasteiger partial charge in [-0.15, -0.1) is 0 Å². The Bertz CT molecular complexity index is 464. The molecule has 1 aromatic carbocycles. The van der Waals surface area contributed by atoms with Gasteiger partial charge in [0.25, 0.3) is 5.24 Å². The van der Waals surface area contributed by atoms with Crippen LogP contribution >= 0.6 is 11.8 Å². The Morgan fingerprint density at radius 3 is 2.75 bits per heavy atom. The number of thioether (sulfide) groups is 1. The van der Waals surface area contributed by atoms with Crippen LogP contribution in [0.4, 0.5) is 4.79 Å². The number of hydrogen-bond acceptors (Lipinski definition) is 3. The highest BCUT2D eigenvalue weighted by atomic mass is 32.2.